The number of nitrogens with two attached hydrogens (primary N) is 1. The van der Waals surface area contributed by atoms with Gasteiger partial charge in [-0.15, -0.1) is 0 Å². The van der Waals surface area contributed by atoms with Crippen molar-refractivity contribution in [2.24, 2.45) is 7.05 Å². The molecule has 7 nitrogen and oxygen atoms in total. The zero-order chi connectivity index (χ0) is 12.4. The molecule has 0 amide bonds. The minimum Gasteiger partial charge on any atom is -0.368 e. The number of hydrogen-bond acceptors (Lipinski definition) is 6. The molecule has 17 heavy (non-hydrogen) atoms. The van der Waals surface area contributed by atoms with Gasteiger partial charge >= 0.3 is 0 Å². The van der Waals surface area contributed by atoms with E-state index >= 15 is 0 Å². The molecule has 0 saturated heterocycles. The average Bonchev–Trinajstić information content (AvgIpc) is 2.63. The van der Waals surface area contributed by atoms with Gasteiger partial charge in [-0.25, -0.2) is 0 Å². The number of aryl methyl sites for hydroxylation is 1. The number of nitrogens with zero attached hydrogens (tertiary/aromatic N) is 5. The number of anilines is 3. The molecular weight excluding hydrogens is 218 g/mol. The first-order valence-electron chi connectivity index (χ1n) is 5.31. The summed E-state index contributed by atoms with van der Waals surface area (Å²) in [6, 6.07) is 0. The van der Waals surface area contributed by atoms with Crippen molar-refractivity contribution in [3.63, 3.8) is 0 Å². The van der Waals surface area contributed by atoms with Crippen molar-refractivity contribution in [2.45, 2.75) is 19.8 Å². The van der Waals surface area contributed by atoms with Crippen LogP contribution in [0, 0.1) is 0 Å². The Hall–Kier alpha value is -2.18. The summed E-state index contributed by atoms with van der Waals surface area (Å²) in [5.74, 6) is 1.53. The lowest BCUT2D eigenvalue weighted by Crippen LogP contribution is -2.07. The summed E-state index contributed by atoms with van der Waals surface area (Å²) < 4.78 is 1.69. The summed E-state index contributed by atoms with van der Waals surface area (Å²) in [7, 11) is 1.84. The van der Waals surface area contributed by atoms with Crippen LogP contribution in [0.4, 0.5) is 17.6 Å². The molecule has 0 saturated carbocycles. The predicted octanol–water partition coefficient (Wildman–Crippen LogP) is 1.05. The van der Waals surface area contributed by atoms with E-state index in [0.717, 1.165) is 5.69 Å². The normalized spacial score (nSPS) is 10.8. The fourth-order valence-corrected chi connectivity index (χ4v) is 1.34. The smallest absolute Gasteiger partial charge is 0.232 e. The minimum atomic E-state index is 0.203. The molecule has 0 aliphatic rings. The van der Waals surface area contributed by atoms with Crippen LogP contribution in [0.3, 0.4) is 0 Å². The molecule has 3 N–H and O–H groups in total. The third-order valence-electron chi connectivity index (χ3n) is 2.15. The van der Waals surface area contributed by atoms with Crippen molar-refractivity contribution in [3.05, 3.63) is 18.2 Å². The van der Waals surface area contributed by atoms with Crippen LogP contribution in [-0.4, -0.2) is 24.7 Å². The van der Waals surface area contributed by atoms with Gasteiger partial charge < -0.3 is 11.1 Å². The molecule has 2 rings (SSSR count). The number of nitrogens with one attached hydrogen (secondary N) is 1. The predicted molar refractivity (Wildman–Crippen MR) is 64.8 cm³/mol. The molecule has 0 atom stereocenters. The van der Waals surface area contributed by atoms with Crippen molar-refractivity contribution in [3.8, 4) is 0 Å². The Labute approximate surface area is 99.1 Å². The molecule has 90 valence electrons. The third kappa shape index (κ3) is 2.68. The fraction of sp³-hybridized carbons (Fsp3) is 0.400. The molecule has 7 heteroatoms. The maximum atomic E-state index is 5.63. The highest BCUT2D eigenvalue weighted by Crippen LogP contribution is 2.15. The first-order valence-corrected chi connectivity index (χ1v) is 5.31. The number of rotatable bonds is 3. The lowest BCUT2D eigenvalue weighted by molar-refractivity contribution is 0.766. The van der Waals surface area contributed by atoms with Crippen molar-refractivity contribution >= 4 is 17.6 Å². The van der Waals surface area contributed by atoms with Crippen LogP contribution in [0.25, 0.3) is 0 Å². The Morgan fingerprint density at radius 2 is 2.06 bits per heavy atom. The van der Waals surface area contributed by atoms with E-state index < -0.39 is 0 Å². The van der Waals surface area contributed by atoms with Crippen LogP contribution in [0.1, 0.15) is 25.6 Å². The van der Waals surface area contributed by atoms with E-state index in [4.69, 9.17) is 5.73 Å². The maximum Gasteiger partial charge on any atom is 0.232 e. The van der Waals surface area contributed by atoms with Crippen molar-refractivity contribution in [2.75, 3.05) is 11.1 Å². The summed E-state index contributed by atoms with van der Waals surface area (Å²) in [4.78, 5) is 12.4. The molecule has 0 bridgehead atoms. The Bertz CT molecular complexity index is 517. The molecule has 2 aromatic heterocycles. The second-order valence-corrected chi connectivity index (χ2v) is 4.06. The monoisotopic (exact) mass is 233 g/mol. The highest BCUT2D eigenvalue weighted by Gasteiger charge is 2.08. The molecule has 0 fully saturated rings. The van der Waals surface area contributed by atoms with Crippen LogP contribution in [0.15, 0.2) is 12.4 Å². The van der Waals surface area contributed by atoms with Gasteiger partial charge in [-0.2, -0.15) is 20.1 Å². The van der Waals surface area contributed by atoms with E-state index in [2.05, 4.69) is 25.4 Å². The molecule has 2 aromatic rings. The van der Waals surface area contributed by atoms with Crippen molar-refractivity contribution in [1.29, 1.82) is 0 Å². The lowest BCUT2D eigenvalue weighted by Gasteiger charge is -2.07. The van der Waals surface area contributed by atoms with E-state index in [-0.39, 0.29) is 11.9 Å². The SMILES string of the molecule is CC(C)c1nc(N)nc(Nc2cnn(C)c2)n1. The van der Waals surface area contributed by atoms with Crippen molar-refractivity contribution in [1.82, 2.24) is 24.7 Å². The topological polar surface area (TPSA) is 94.5 Å². The second-order valence-electron chi connectivity index (χ2n) is 4.06. The number of aromatic nitrogens is 5. The highest BCUT2D eigenvalue weighted by molar-refractivity contribution is 5.51. The van der Waals surface area contributed by atoms with Crippen LogP contribution in [0.2, 0.25) is 0 Å². The summed E-state index contributed by atoms with van der Waals surface area (Å²) in [5.41, 5.74) is 6.45. The molecule has 2 heterocycles. The van der Waals surface area contributed by atoms with Crippen LogP contribution < -0.4 is 11.1 Å². The molecule has 0 aromatic carbocycles. The average molecular weight is 233 g/mol. The first kappa shape index (κ1) is 11.3. The van der Waals surface area contributed by atoms with Gasteiger partial charge in [-0.3, -0.25) is 4.68 Å². The van der Waals surface area contributed by atoms with Gasteiger partial charge in [0, 0.05) is 19.2 Å². The Morgan fingerprint density at radius 3 is 2.65 bits per heavy atom. The molecule has 0 spiro atoms. The zero-order valence-electron chi connectivity index (χ0n) is 10.0. The van der Waals surface area contributed by atoms with Crippen molar-refractivity contribution < 1.29 is 0 Å². The first-order chi connectivity index (χ1) is 8.04. The standard InChI is InChI=1S/C10H15N7/c1-6(2)8-14-9(11)16-10(15-8)13-7-4-12-17(3)5-7/h4-6H,1-3H3,(H3,11,13,14,15,16). The quantitative estimate of drug-likeness (QED) is 0.823. The minimum absolute atomic E-state index is 0.203. The zero-order valence-corrected chi connectivity index (χ0v) is 10.0. The Kier molecular flexibility index (Phi) is 2.90. The third-order valence-corrected chi connectivity index (χ3v) is 2.15. The van der Waals surface area contributed by atoms with E-state index in [1.165, 1.54) is 0 Å². The molecule has 0 radical (unpaired) electrons. The van der Waals surface area contributed by atoms with Gasteiger partial charge in [-0.05, 0) is 0 Å². The maximum absolute atomic E-state index is 5.63. The largest absolute Gasteiger partial charge is 0.368 e. The van der Waals surface area contributed by atoms with Gasteiger partial charge in [0.2, 0.25) is 11.9 Å². The second kappa shape index (κ2) is 4.36. The fourth-order valence-electron chi connectivity index (χ4n) is 1.34. The van der Waals surface area contributed by atoms with Crippen LogP contribution in [0.5, 0.6) is 0 Å². The number of hydrogen-bond donors (Lipinski definition) is 2. The summed E-state index contributed by atoms with van der Waals surface area (Å²) in [6.45, 7) is 4.01. The van der Waals surface area contributed by atoms with E-state index in [1.54, 1.807) is 10.9 Å². The Balaban J connectivity index is 2.26. The van der Waals surface area contributed by atoms with Gasteiger partial charge in [-0.1, -0.05) is 13.8 Å². The van der Waals surface area contributed by atoms with Gasteiger partial charge in [0.15, 0.2) is 0 Å². The van der Waals surface area contributed by atoms with Gasteiger partial charge in [0.05, 0.1) is 11.9 Å². The van der Waals surface area contributed by atoms with Crippen LogP contribution in [-0.2, 0) is 7.05 Å². The van der Waals surface area contributed by atoms with E-state index in [0.29, 0.717) is 11.8 Å². The summed E-state index contributed by atoms with van der Waals surface area (Å²) in [5, 5.41) is 7.08. The van der Waals surface area contributed by atoms with E-state index in [1.807, 2.05) is 27.1 Å². The lowest BCUT2D eigenvalue weighted by atomic mass is 10.2. The molecular formula is C10H15N7. The van der Waals surface area contributed by atoms with Crippen LogP contribution >= 0.6 is 0 Å². The van der Waals surface area contributed by atoms with Gasteiger partial charge in [0.1, 0.15) is 5.82 Å². The molecule has 0 aliphatic heterocycles. The Morgan fingerprint density at radius 1 is 1.29 bits per heavy atom. The number of nitrogen functional groups attached to an aromatic ring is 1. The highest BCUT2D eigenvalue weighted by atomic mass is 15.3. The van der Waals surface area contributed by atoms with Gasteiger partial charge in [0.25, 0.3) is 0 Å². The molecule has 0 aliphatic carbocycles. The summed E-state index contributed by atoms with van der Waals surface area (Å²) >= 11 is 0. The molecule has 0 unspecified atom stereocenters. The van der Waals surface area contributed by atoms with E-state index in [9.17, 15) is 0 Å². The summed E-state index contributed by atoms with van der Waals surface area (Å²) in [6.07, 6.45) is 3.52.